The lowest BCUT2D eigenvalue weighted by Crippen LogP contribution is -2.46. The predicted molar refractivity (Wildman–Crippen MR) is 153 cm³/mol. The standard InChI is InChI=1S/C33H32BrNO3/c34-27-28(35-21-23-13-5-1-6-14-23)32(36-22-24-15-7-2-8-16-24)33-31(27)37-29(25-17-9-3-10-18-25)30(38-33)26-19-11-4-12-20-26/h1-20,27-33,35H,21-22H2/t27-,28-,29-,30-,31-,32-,33-/m1/s1. The van der Waals surface area contributed by atoms with Gasteiger partial charge in [-0.3, -0.25) is 0 Å². The quantitative estimate of drug-likeness (QED) is 0.237. The number of hydrogen-bond acceptors (Lipinski definition) is 4. The van der Waals surface area contributed by atoms with Gasteiger partial charge in [0.1, 0.15) is 30.5 Å². The fraction of sp³-hybridized carbons (Fsp3) is 0.273. The Morgan fingerprint density at radius 2 is 1.08 bits per heavy atom. The number of ether oxygens (including phenoxy) is 3. The highest BCUT2D eigenvalue weighted by Gasteiger charge is 2.56. The van der Waals surface area contributed by atoms with Gasteiger partial charge in [0, 0.05) is 6.54 Å². The summed E-state index contributed by atoms with van der Waals surface area (Å²) in [5.41, 5.74) is 4.59. The Morgan fingerprint density at radius 3 is 1.63 bits per heavy atom. The largest absolute Gasteiger partial charge is 0.369 e. The van der Waals surface area contributed by atoms with Gasteiger partial charge < -0.3 is 19.5 Å². The number of benzene rings is 4. The van der Waals surface area contributed by atoms with Crippen molar-refractivity contribution in [3.8, 4) is 0 Å². The third-order valence-electron chi connectivity index (χ3n) is 7.47. The Kier molecular flexibility index (Phi) is 8.00. The van der Waals surface area contributed by atoms with E-state index in [4.69, 9.17) is 14.2 Å². The van der Waals surface area contributed by atoms with Crippen molar-refractivity contribution in [2.45, 2.75) is 54.5 Å². The molecule has 7 atom stereocenters. The van der Waals surface area contributed by atoms with E-state index in [-0.39, 0.29) is 41.4 Å². The topological polar surface area (TPSA) is 39.7 Å². The Balaban J connectivity index is 1.31. The molecule has 0 aromatic heterocycles. The number of halogens is 1. The van der Waals surface area contributed by atoms with Crippen molar-refractivity contribution in [1.29, 1.82) is 0 Å². The van der Waals surface area contributed by atoms with E-state index in [2.05, 4.69) is 106 Å². The minimum Gasteiger partial charge on any atom is -0.369 e. The SMILES string of the molecule is Br[C@@H]1[C@@H](NCc2ccccc2)[C@@H](OCc2ccccc2)[C@@H]2O[C@H](c3ccccc3)[C@@H](c3ccccc3)O[C@H]12. The molecule has 0 amide bonds. The fourth-order valence-electron chi connectivity index (χ4n) is 5.56. The van der Waals surface area contributed by atoms with Crippen LogP contribution in [0.3, 0.4) is 0 Å². The van der Waals surface area contributed by atoms with Crippen LogP contribution in [0.15, 0.2) is 121 Å². The van der Waals surface area contributed by atoms with Crippen molar-refractivity contribution in [3.63, 3.8) is 0 Å². The number of fused-ring (bicyclic) bond motifs is 1. The van der Waals surface area contributed by atoms with Crippen LogP contribution in [0.25, 0.3) is 0 Å². The first kappa shape index (κ1) is 25.5. The van der Waals surface area contributed by atoms with Crippen LogP contribution in [0.1, 0.15) is 34.5 Å². The molecule has 1 saturated carbocycles. The van der Waals surface area contributed by atoms with Crippen LogP contribution in [-0.2, 0) is 27.4 Å². The van der Waals surface area contributed by atoms with Crippen LogP contribution in [0.5, 0.6) is 0 Å². The molecule has 0 spiro atoms. The van der Waals surface area contributed by atoms with Crippen LogP contribution in [-0.4, -0.2) is 29.2 Å². The van der Waals surface area contributed by atoms with Gasteiger partial charge in [-0.05, 0) is 22.3 Å². The molecule has 0 radical (unpaired) electrons. The molecular formula is C33H32BrNO3. The summed E-state index contributed by atoms with van der Waals surface area (Å²) in [7, 11) is 0. The highest BCUT2D eigenvalue weighted by molar-refractivity contribution is 9.09. The first-order valence-corrected chi connectivity index (χ1v) is 14.2. The zero-order valence-electron chi connectivity index (χ0n) is 21.1. The maximum atomic E-state index is 7.00. The minimum atomic E-state index is -0.241. The highest BCUT2D eigenvalue weighted by atomic mass is 79.9. The lowest BCUT2D eigenvalue weighted by molar-refractivity contribution is -0.236. The molecule has 0 bridgehead atoms. The van der Waals surface area contributed by atoms with Crippen molar-refractivity contribution >= 4 is 15.9 Å². The molecule has 0 unspecified atom stereocenters. The van der Waals surface area contributed by atoms with Crippen LogP contribution in [0, 0.1) is 0 Å². The van der Waals surface area contributed by atoms with E-state index >= 15 is 0 Å². The van der Waals surface area contributed by atoms with Crippen molar-refractivity contribution in [2.75, 3.05) is 0 Å². The molecule has 38 heavy (non-hydrogen) atoms. The number of hydrogen-bond donors (Lipinski definition) is 1. The van der Waals surface area contributed by atoms with Gasteiger partial charge in [-0.2, -0.15) is 0 Å². The molecule has 6 rings (SSSR count). The van der Waals surface area contributed by atoms with E-state index in [0.29, 0.717) is 6.61 Å². The number of rotatable bonds is 8. The van der Waals surface area contributed by atoms with Crippen LogP contribution < -0.4 is 5.32 Å². The lowest BCUT2D eigenvalue weighted by atomic mass is 9.95. The molecule has 1 aliphatic heterocycles. The molecule has 2 fully saturated rings. The van der Waals surface area contributed by atoms with E-state index in [1.807, 2.05) is 36.4 Å². The van der Waals surface area contributed by atoms with E-state index in [1.165, 1.54) is 5.56 Å². The average molecular weight is 571 g/mol. The smallest absolute Gasteiger partial charge is 0.113 e. The van der Waals surface area contributed by atoms with Crippen molar-refractivity contribution < 1.29 is 14.2 Å². The van der Waals surface area contributed by atoms with E-state index < -0.39 is 0 Å². The number of nitrogens with one attached hydrogen (secondary N) is 1. The van der Waals surface area contributed by atoms with Crippen LogP contribution in [0.2, 0.25) is 0 Å². The summed E-state index contributed by atoms with van der Waals surface area (Å²) in [5, 5.41) is 3.77. The third kappa shape index (κ3) is 5.49. The zero-order valence-corrected chi connectivity index (χ0v) is 22.7. The van der Waals surface area contributed by atoms with E-state index in [9.17, 15) is 0 Å². The van der Waals surface area contributed by atoms with Crippen LogP contribution in [0.4, 0.5) is 0 Å². The van der Waals surface area contributed by atoms with Crippen molar-refractivity contribution in [2.24, 2.45) is 0 Å². The molecule has 1 saturated heterocycles. The average Bonchev–Trinajstić information content (AvgIpc) is 3.25. The summed E-state index contributed by atoms with van der Waals surface area (Å²) < 4.78 is 20.6. The second-order valence-corrected chi connectivity index (χ2v) is 11.0. The predicted octanol–water partition coefficient (Wildman–Crippen LogP) is 6.77. The summed E-state index contributed by atoms with van der Waals surface area (Å²) in [6.07, 6.45) is -1.07. The maximum absolute atomic E-state index is 7.00. The molecule has 4 nitrogen and oxygen atoms in total. The fourth-order valence-corrected chi connectivity index (χ4v) is 6.48. The van der Waals surface area contributed by atoms with Gasteiger partial charge in [0.15, 0.2) is 0 Å². The number of alkyl halides is 1. The summed E-state index contributed by atoms with van der Waals surface area (Å²) in [5.74, 6) is 0. The normalized spacial score (nSPS) is 28.6. The molecule has 2 aliphatic rings. The zero-order chi connectivity index (χ0) is 25.7. The van der Waals surface area contributed by atoms with Gasteiger partial charge in [-0.1, -0.05) is 137 Å². The van der Waals surface area contributed by atoms with Crippen molar-refractivity contribution in [1.82, 2.24) is 5.32 Å². The molecule has 1 aliphatic carbocycles. The van der Waals surface area contributed by atoms with Crippen LogP contribution >= 0.6 is 15.9 Å². The summed E-state index contributed by atoms with van der Waals surface area (Å²) in [6.45, 7) is 1.25. The van der Waals surface area contributed by atoms with Gasteiger partial charge in [0.25, 0.3) is 0 Å². The summed E-state index contributed by atoms with van der Waals surface area (Å²) in [4.78, 5) is 0.0138. The van der Waals surface area contributed by atoms with Gasteiger partial charge in [0.05, 0.1) is 17.5 Å². The lowest BCUT2D eigenvalue weighted by Gasteiger charge is -2.41. The molecule has 4 aromatic rings. The second kappa shape index (κ2) is 11.9. The van der Waals surface area contributed by atoms with Gasteiger partial charge >= 0.3 is 0 Å². The van der Waals surface area contributed by atoms with E-state index in [0.717, 1.165) is 23.2 Å². The minimum absolute atomic E-state index is 0.000125. The third-order valence-corrected chi connectivity index (χ3v) is 8.56. The Morgan fingerprint density at radius 1 is 0.605 bits per heavy atom. The van der Waals surface area contributed by atoms with Crippen molar-refractivity contribution in [3.05, 3.63) is 144 Å². The molecule has 5 heteroatoms. The maximum Gasteiger partial charge on any atom is 0.113 e. The van der Waals surface area contributed by atoms with Gasteiger partial charge in [-0.15, -0.1) is 0 Å². The van der Waals surface area contributed by atoms with Gasteiger partial charge in [-0.25, -0.2) is 0 Å². The Bertz CT molecular complexity index is 1270. The molecule has 4 aromatic carbocycles. The summed E-state index contributed by atoms with van der Waals surface area (Å²) in [6, 6.07) is 41.6. The monoisotopic (exact) mass is 569 g/mol. The summed E-state index contributed by atoms with van der Waals surface area (Å²) >= 11 is 4.02. The first-order valence-electron chi connectivity index (χ1n) is 13.3. The molecule has 1 heterocycles. The van der Waals surface area contributed by atoms with E-state index in [1.54, 1.807) is 0 Å². The first-order chi connectivity index (χ1) is 18.8. The Hall–Kier alpha value is -2.80. The Labute approximate surface area is 233 Å². The second-order valence-electron chi connectivity index (χ2n) is 9.96. The highest BCUT2D eigenvalue weighted by Crippen LogP contribution is 2.48. The molecular weight excluding hydrogens is 538 g/mol. The molecule has 194 valence electrons. The van der Waals surface area contributed by atoms with Gasteiger partial charge in [0.2, 0.25) is 0 Å². The molecule has 1 N–H and O–H groups in total.